The molecule has 1 aliphatic carbocycles. The number of rotatable bonds is 3. The van der Waals surface area contributed by atoms with Crippen LogP contribution >= 0.6 is 11.6 Å². The lowest BCUT2D eigenvalue weighted by Gasteiger charge is -2.06. The highest BCUT2D eigenvalue weighted by Gasteiger charge is 2.24. The van der Waals surface area contributed by atoms with Crippen molar-refractivity contribution in [3.8, 4) is 0 Å². The lowest BCUT2D eigenvalue weighted by molar-refractivity contribution is -0.113. The van der Waals surface area contributed by atoms with Gasteiger partial charge in [-0.05, 0) is 42.5 Å². The monoisotopic (exact) mass is 227 g/mol. The number of halogens is 2. The molecule has 1 amide bonds. The Morgan fingerprint density at radius 2 is 2.20 bits per heavy atom. The van der Waals surface area contributed by atoms with Crippen molar-refractivity contribution in [2.75, 3.05) is 11.2 Å². The van der Waals surface area contributed by atoms with Crippen LogP contribution < -0.4 is 5.32 Å². The van der Waals surface area contributed by atoms with Crippen LogP contribution in [0.15, 0.2) is 18.2 Å². The molecule has 4 heteroatoms. The molecule has 0 heterocycles. The van der Waals surface area contributed by atoms with E-state index in [0.717, 1.165) is 18.4 Å². The van der Waals surface area contributed by atoms with Crippen LogP contribution in [-0.4, -0.2) is 11.8 Å². The van der Waals surface area contributed by atoms with E-state index in [0.29, 0.717) is 11.6 Å². The highest BCUT2D eigenvalue weighted by Crippen LogP contribution is 2.41. The van der Waals surface area contributed by atoms with Crippen LogP contribution in [0.5, 0.6) is 0 Å². The van der Waals surface area contributed by atoms with Gasteiger partial charge in [0.15, 0.2) is 0 Å². The Morgan fingerprint density at radius 1 is 1.47 bits per heavy atom. The zero-order chi connectivity index (χ0) is 10.8. The van der Waals surface area contributed by atoms with E-state index >= 15 is 0 Å². The Bertz CT molecular complexity index is 390. The van der Waals surface area contributed by atoms with E-state index in [1.807, 2.05) is 6.07 Å². The third-order valence-corrected chi connectivity index (χ3v) is 2.62. The molecule has 0 atom stereocenters. The fraction of sp³-hybridized carbons (Fsp3) is 0.364. The standard InChI is InChI=1S/C11H11ClFNO/c12-6-11(15)14-10-4-8(7-1-2-7)3-9(13)5-10/h3-5,7H,1-2,6H2,(H,14,15). The Morgan fingerprint density at radius 3 is 2.80 bits per heavy atom. The first-order valence-electron chi connectivity index (χ1n) is 4.85. The quantitative estimate of drug-likeness (QED) is 0.791. The first-order chi connectivity index (χ1) is 7.19. The predicted octanol–water partition coefficient (Wildman–Crippen LogP) is 2.88. The van der Waals surface area contributed by atoms with Crippen LogP contribution in [-0.2, 0) is 4.79 Å². The molecular weight excluding hydrogens is 217 g/mol. The van der Waals surface area contributed by atoms with E-state index < -0.39 is 0 Å². The minimum atomic E-state index is -0.316. The molecule has 1 saturated carbocycles. The molecule has 2 nitrogen and oxygen atoms in total. The van der Waals surface area contributed by atoms with E-state index in [-0.39, 0.29) is 17.6 Å². The van der Waals surface area contributed by atoms with Gasteiger partial charge in [0.25, 0.3) is 0 Å². The van der Waals surface area contributed by atoms with Crippen LogP contribution in [0.25, 0.3) is 0 Å². The summed E-state index contributed by atoms with van der Waals surface area (Å²) in [6.07, 6.45) is 2.21. The smallest absolute Gasteiger partial charge is 0.239 e. The average Bonchev–Trinajstić information content (AvgIpc) is 2.99. The number of hydrogen-bond donors (Lipinski definition) is 1. The van der Waals surface area contributed by atoms with Crippen LogP contribution in [0.4, 0.5) is 10.1 Å². The molecule has 2 rings (SSSR count). The fourth-order valence-electron chi connectivity index (χ4n) is 1.53. The highest BCUT2D eigenvalue weighted by molar-refractivity contribution is 6.29. The Balaban J connectivity index is 2.19. The van der Waals surface area contributed by atoms with Crippen molar-refractivity contribution in [1.82, 2.24) is 0 Å². The van der Waals surface area contributed by atoms with Gasteiger partial charge in [-0.15, -0.1) is 11.6 Å². The second-order valence-corrected chi connectivity index (χ2v) is 4.00. The average molecular weight is 228 g/mol. The van der Waals surface area contributed by atoms with Gasteiger partial charge in [-0.25, -0.2) is 4.39 Å². The van der Waals surface area contributed by atoms with Gasteiger partial charge in [0, 0.05) is 5.69 Å². The molecule has 80 valence electrons. The van der Waals surface area contributed by atoms with Crippen molar-refractivity contribution in [2.24, 2.45) is 0 Å². The van der Waals surface area contributed by atoms with Crippen LogP contribution in [0.3, 0.4) is 0 Å². The van der Waals surface area contributed by atoms with Gasteiger partial charge in [-0.3, -0.25) is 4.79 Å². The summed E-state index contributed by atoms with van der Waals surface area (Å²) in [6.45, 7) is 0. The maximum atomic E-state index is 13.2. The van der Waals surface area contributed by atoms with Crippen molar-refractivity contribution in [3.63, 3.8) is 0 Å². The van der Waals surface area contributed by atoms with E-state index in [9.17, 15) is 9.18 Å². The Labute approximate surface area is 92.4 Å². The summed E-state index contributed by atoms with van der Waals surface area (Å²) >= 11 is 5.35. The molecule has 1 aliphatic rings. The SMILES string of the molecule is O=C(CCl)Nc1cc(F)cc(C2CC2)c1. The second-order valence-electron chi connectivity index (χ2n) is 3.73. The third-order valence-electron chi connectivity index (χ3n) is 2.37. The number of carbonyl (C=O) groups excluding carboxylic acids is 1. The van der Waals surface area contributed by atoms with Gasteiger partial charge in [0.05, 0.1) is 0 Å². The largest absolute Gasteiger partial charge is 0.325 e. The summed E-state index contributed by atoms with van der Waals surface area (Å²) in [4.78, 5) is 11.0. The van der Waals surface area contributed by atoms with Crippen molar-refractivity contribution in [3.05, 3.63) is 29.6 Å². The molecule has 15 heavy (non-hydrogen) atoms. The lowest BCUT2D eigenvalue weighted by atomic mass is 10.1. The summed E-state index contributed by atoms with van der Waals surface area (Å²) in [5, 5.41) is 2.54. The maximum absolute atomic E-state index is 13.2. The number of nitrogens with one attached hydrogen (secondary N) is 1. The lowest BCUT2D eigenvalue weighted by Crippen LogP contribution is -2.12. The minimum Gasteiger partial charge on any atom is -0.325 e. The van der Waals surface area contributed by atoms with Crippen LogP contribution in [0, 0.1) is 5.82 Å². The number of carbonyl (C=O) groups is 1. The summed E-state index contributed by atoms with van der Waals surface area (Å²) in [7, 11) is 0. The van der Waals surface area contributed by atoms with Gasteiger partial charge in [-0.2, -0.15) is 0 Å². The van der Waals surface area contributed by atoms with E-state index in [1.54, 1.807) is 0 Å². The molecule has 0 saturated heterocycles. The van der Waals surface area contributed by atoms with Gasteiger partial charge in [0.1, 0.15) is 11.7 Å². The van der Waals surface area contributed by atoms with Crippen molar-refractivity contribution < 1.29 is 9.18 Å². The number of amides is 1. The Kier molecular flexibility index (Phi) is 2.91. The number of anilines is 1. The molecule has 1 aromatic rings. The maximum Gasteiger partial charge on any atom is 0.239 e. The summed E-state index contributed by atoms with van der Waals surface area (Å²) in [5.74, 6) is -0.282. The van der Waals surface area contributed by atoms with Crippen LogP contribution in [0.2, 0.25) is 0 Å². The van der Waals surface area contributed by atoms with E-state index in [4.69, 9.17) is 11.6 Å². The third kappa shape index (κ3) is 2.69. The van der Waals surface area contributed by atoms with Gasteiger partial charge >= 0.3 is 0 Å². The molecule has 0 unspecified atom stereocenters. The highest BCUT2D eigenvalue weighted by atomic mass is 35.5. The zero-order valence-corrected chi connectivity index (χ0v) is 8.85. The first-order valence-corrected chi connectivity index (χ1v) is 5.39. The molecule has 0 radical (unpaired) electrons. The molecule has 1 fully saturated rings. The van der Waals surface area contributed by atoms with Crippen LogP contribution in [0.1, 0.15) is 24.3 Å². The van der Waals surface area contributed by atoms with Gasteiger partial charge < -0.3 is 5.32 Å². The van der Waals surface area contributed by atoms with Gasteiger partial charge in [0.2, 0.25) is 5.91 Å². The molecule has 0 spiro atoms. The minimum absolute atomic E-state index is 0.116. The summed E-state index contributed by atoms with van der Waals surface area (Å²) in [5.41, 5.74) is 1.45. The van der Waals surface area contributed by atoms with Crippen molar-refractivity contribution >= 4 is 23.2 Å². The normalized spacial score (nSPS) is 15.1. The fourth-order valence-corrected chi connectivity index (χ4v) is 1.60. The molecular formula is C11H11ClFNO. The summed E-state index contributed by atoms with van der Waals surface area (Å²) < 4.78 is 13.2. The number of benzene rings is 1. The molecule has 0 aromatic heterocycles. The van der Waals surface area contributed by atoms with Gasteiger partial charge in [-0.1, -0.05) is 0 Å². The topological polar surface area (TPSA) is 29.1 Å². The first kappa shape index (κ1) is 10.4. The van der Waals surface area contributed by atoms with Crippen molar-refractivity contribution in [1.29, 1.82) is 0 Å². The van der Waals surface area contributed by atoms with E-state index in [2.05, 4.69) is 5.32 Å². The number of hydrogen-bond acceptors (Lipinski definition) is 1. The zero-order valence-electron chi connectivity index (χ0n) is 8.09. The molecule has 0 bridgehead atoms. The molecule has 1 aromatic carbocycles. The molecule has 0 aliphatic heterocycles. The number of alkyl halides is 1. The second kappa shape index (κ2) is 4.19. The summed E-state index contributed by atoms with van der Waals surface area (Å²) in [6, 6.07) is 4.63. The predicted molar refractivity (Wildman–Crippen MR) is 57.7 cm³/mol. The Hall–Kier alpha value is -1.09. The molecule has 1 N–H and O–H groups in total. The van der Waals surface area contributed by atoms with E-state index in [1.165, 1.54) is 12.1 Å². The van der Waals surface area contributed by atoms with Crippen molar-refractivity contribution in [2.45, 2.75) is 18.8 Å².